The van der Waals surface area contributed by atoms with Crippen molar-refractivity contribution in [2.75, 3.05) is 19.0 Å². The van der Waals surface area contributed by atoms with Gasteiger partial charge in [0.05, 0.1) is 18.9 Å². The minimum absolute atomic E-state index is 0.0936. The van der Waals surface area contributed by atoms with Crippen LogP contribution in [0.5, 0.6) is 11.5 Å². The van der Waals surface area contributed by atoms with E-state index in [-0.39, 0.29) is 12.5 Å². The fraction of sp³-hybridized carbons (Fsp3) is 0.350. The summed E-state index contributed by atoms with van der Waals surface area (Å²) in [6.07, 6.45) is 2.10. The van der Waals surface area contributed by atoms with E-state index in [1.165, 1.54) is 0 Å². The number of aryl methyl sites for hydroxylation is 1. The Morgan fingerprint density at radius 1 is 1.28 bits per heavy atom. The first-order valence-corrected chi connectivity index (χ1v) is 8.45. The SMILES string of the molecule is COc1ccc(C)cc1NC(=O)COc1cccc2c1CCC[C@@H]2O. The van der Waals surface area contributed by atoms with E-state index in [9.17, 15) is 9.90 Å². The molecule has 3 rings (SSSR count). The zero-order valence-corrected chi connectivity index (χ0v) is 14.5. The van der Waals surface area contributed by atoms with Crippen molar-refractivity contribution in [3.63, 3.8) is 0 Å². The zero-order chi connectivity index (χ0) is 17.8. The summed E-state index contributed by atoms with van der Waals surface area (Å²) in [5, 5.41) is 12.9. The summed E-state index contributed by atoms with van der Waals surface area (Å²) in [4.78, 5) is 12.3. The number of hydrogen-bond donors (Lipinski definition) is 2. The Bertz CT molecular complexity index is 772. The predicted molar refractivity (Wildman–Crippen MR) is 96.2 cm³/mol. The normalized spacial score (nSPS) is 16.0. The third-order valence-corrected chi connectivity index (χ3v) is 4.42. The van der Waals surface area contributed by atoms with E-state index in [1.807, 2.05) is 43.3 Å². The number of ether oxygens (including phenoxy) is 2. The topological polar surface area (TPSA) is 67.8 Å². The second kappa shape index (κ2) is 7.57. The van der Waals surface area contributed by atoms with Crippen molar-refractivity contribution < 1.29 is 19.4 Å². The van der Waals surface area contributed by atoms with Crippen LogP contribution in [-0.4, -0.2) is 24.7 Å². The van der Waals surface area contributed by atoms with Gasteiger partial charge in [-0.05, 0) is 61.1 Å². The molecule has 132 valence electrons. The fourth-order valence-corrected chi connectivity index (χ4v) is 3.17. The molecule has 0 spiro atoms. The van der Waals surface area contributed by atoms with Crippen LogP contribution in [-0.2, 0) is 11.2 Å². The molecule has 2 aromatic rings. The lowest BCUT2D eigenvalue weighted by Gasteiger charge is -2.23. The number of carbonyl (C=O) groups excluding carboxylic acids is 1. The van der Waals surface area contributed by atoms with E-state index < -0.39 is 6.10 Å². The van der Waals surface area contributed by atoms with E-state index in [0.717, 1.165) is 36.0 Å². The van der Waals surface area contributed by atoms with Crippen molar-refractivity contribution in [2.45, 2.75) is 32.3 Å². The van der Waals surface area contributed by atoms with Crippen molar-refractivity contribution in [3.8, 4) is 11.5 Å². The minimum atomic E-state index is -0.447. The first-order valence-electron chi connectivity index (χ1n) is 8.45. The number of methoxy groups -OCH3 is 1. The van der Waals surface area contributed by atoms with Crippen LogP contribution in [0.3, 0.4) is 0 Å². The Morgan fingerprint density at radius 3 is 2.92 bits per heavy atom. The predicted octanol–water partition coefficient (Wildman–Crippen LogP) is 3.39. The molecule has 0 radical (unpaired) electrons. The fourth-order valence-electron chi connectivity index (χ4n) is 3.17. The van der Waals surface area contributed by atoms with Gasteiger partial charge in [0, 0.05) is 0 Å². The number of carbonyl (C=O) groups is 1. The Balaban J connectivity index is 1.68. The molecule has 1 atom stereocenters. The van der Waals surface area contributed by atoms with E-state index in [2.05, 4.69) is 5.32 Å². The number of fused-ring (bicyclic) bond motifs is 1. The minimum Gasteiger partial charge on any atom is -0.495 e. The largest absolute Gasteiger partial charge is 0.495 e. The van der Waals surface area contributed by atoms with Gasteiger partial charge in [-0.2, -0.15) is 0 Å². The van der Waals surface area contributed by atoms with Gasteiger partial charge in [-0.25, -0.2) is 0 Å². The third-order valence-electron chi connectivity index (χ3n) is 4.42. The first kappa shape index (κ1) is 17.3. The first-order chi connectivity index (χ1) is 12.1. The van der Waals surface area contributed by atoms with Crippen molar-refractivity contribution in [1.82, 2.24) is 0 Å². The van der Waals surface area contributed by atoms with Crippen molar-refractivity contribution >= 4 is 11.6 Å². The molecule has 2 aromatic carbocycles. The summed E-state index contributed by atoms with van der Waals surface area (Å²) in [6, 6.07) is 11.2. The van der Waals surface area contributed by atoms with Crippen LogP contribution in [0.15, 0.2) is 36.4 Å². The number of aliphatic hydroxyl groups is 1. The van der Waals surface area contributed by atoms with Crippen LogP contribution in [0, 0.1) is 6.92 Å². The maximum Gasteiger partial charge on any atom is 0.262 e. The summed E-state index contributed by atoms with van der Waals surface area (Å²) >= 11 is 0. The van der Waals surface area contributed by atoms with E-state index in [1.54, 1.807) is 7.11 Å². The molecule has 5 nitrogen and oxygen atoms in total. The van der Waals surface area contributed by atoms with Gasteiger partial charge >= 0.3 is 0 Å². The summed E-state index contributed by atoms with van der Waals surface area (Å²) < 4.78 is 11.0. The van der Waals surface area contributed by atoms with Crippen LogP contribution >= 0.6 is 0 Å². The van der Waals surface area contributed by atoms with Gasteiger partial charge < -0.3 is 19.9 Å². The average Bonchev–Trinajstić information content (AvgIpc) is 2.60. The Kier molecular flexibility index (Phi) is 5.24. The molecule has 0 aliphatic heterocycles. The highest BCUT2D eigenvalue weighted by atomic mass is 16.5. The molecule has 1 amide bonds. The van der Waals surface area contributed by atoms with Gasteiger partial charge in [0.15, 0.2) is 6.61 Å². The number of amides is 1. The molecule has 2 N–H and O–H groups in total. The van der Waals surface area contributed by atoms with Crippen LogP contribution in [0.25, 0.3) is 0 Å². The van der Waals surface area contributed by atoms with Crippen LogP contribution in [0.1, 0.15) is 35.6 Å². The number of anilines is 1. The van der Waals surface area contributed by atoms with Gasteiger partial charge in [-0.15, -0.1) is 0 Å². The van der Waals surface area contributed by atoms with Gasteiger partial charge in [0.1, 0.15) is 11.5 Å². The molecule has 0 heterocycles. The summed E-state index contributed by atoms with van der Waals surface area (Å²) in [7, 11) is 1.57. The highest BCUT2D eigenvalue weighted by molar-refractivity contribution is 5.93. The molecular weight excluding hydrogens is 318 g/mol. The Morgan fingerprint density at radius 2 is 2.12 bits per heavy atom. The summed E-state index contributed by atoms with van der Waals surface area (Å²) in [6.45, 7) is 1.86. The highest BCUT2D eigenvalue weighted by Crippen LogP contribution is 2.35. The third kappa shape index (κ3) is 3.94. The monoisotopic (exact) mass is 341 g/mol. The van der Waals surface area contributed by atoms with E-state index in [0.29, 0.717) is 17.2 Å². The molecule has 0 saturated carbocycles. The van der Waals surface area contributed by atoms with Gasteiger partial charge in [-0.3, -0.25) is 4.79 Å². The summed E-state index contributed by atoms with van der Waals surface area (Å²) in [5.41, 5.74) is 3.57. The van der Waals surface area contributed by atoms with E-state index in [4.69, 9.17) is 9.47 Å². The number of rotatable bonds is 5. The molecule has 1 aliphatic rings. The number of nitrogens with one attached hydrogen (secondary N) is 1. The molecule has 0 aromatic heterocycles. The lowest BCUT2D eigenvalue weighted by molar-refractivity contribution is -0.118. The van der Waals surface area contributed by atoms with Crippen molar-refractivity contribution in [1.29, 1.82) is 0 Å². The molecule has 0 saturated heterocycles. The second-order valence-electron chi connectivity index (χ2n) is 6.27. The lowest BCUT2D eigenvalue weighted by atomic mass is 9.89. The molecule has 25 heavy (non-hydrogen) atoms. The van der Waals surface area contributed by atoms with Crippen LogP contribution in [0.2, 0.25) is 0 Å². The number of hydrogen-bond acceptors (Lipinski definition) is 4. The average molecular weight is 341 g/mol. The van der Waals surface area contributed by atoms with Crippen LogP contribution < -0.4 is 14.8 Å². The molecule has 0 fully saturated rings. The maximum absolute atomic E-state index is 12.3. The Hall–Kier alpha value is -2.53. The molecular formula is C20H23NO4. The Labute approximate surface area is 147 Å². The van der Waals surface area contributed by atoms with Crippen molar-refractivity contribution in [3.05, 3.63) is 53.1 Å². The van der Waals surface area contributed by atoms with E-state index >= 15 is 0 Å². The van der Waals surface area contributed by atoms with Gasteiger partial charge in [0.2, 0.25) is 0 Å². The highest BCUT2D eigenvalue weighted by Gasteiger charge is 2.21. The molecule has 0 unspecified atom stereocenters. The zero-order valence-electron chi connectivity index (χ0n) is 14.5. The molecule has 1 aliphatic carbocycles. The number of benzene rings is 2. The molecule has 5 heteroatoms. The van der Waals surface area contributed by atoms with Gasteiger partial charge in [0.25, 0.3) is 5.91 Å². The maximum atomic E-state index is 12.3. The second-order valence-corrected chi connectivity index (χ2v) is 6.27. The van der Waals surface area contributed by atoms with Crippen molar-refractivity contribution in [2.24, 2.45) is 0 Å². The quantitative estimate of drug-likeness (QED) is 0.875. The van der Waals surface area contributed by atoms with Gasteiger partial charge in [-0.1, -0.05) is 18.2 Å². The smallest absolute Gasteiger partial charge is 0.262 e. The number of aliphatic hydroxyl groups excluding tert-OH is 1. The summed E-state index contributed by atoms with van der Waals surface area (Å²) in [5.74, 6) is 1.03. The van der Waals surface area contributed by atoms with Crippen LogP contribution in [0.4, 0.5) is 5.69 Å². The standard InChI is InChI=1S/C20H23NO4/c1-13-9-10-19(24-2)16(11-13)21-20(23)12-25-18-8-4-5-14-15(18)6-3-7-17(14)22/h4-5,8-11,17,22H,3,6-7,12H2,1-2H3,(H,21,23)/t17-/m0/s1. The molecule has 0 bridgehead atoms. The lowest BCUT2D eigenvalue weighted by Crippen LogP contribution is -2.21.